The highest BCUT2D eigenvalue weighted by molar-refractivity contribution is 7.98. The first-order valence-corrected chi connectivity index (χ1v) is 7.59. The first-order valence-electron chi connectivity index (χ1n) is 6.19. The summed E-state index contributed by atoms with van der Waals surface area (Å²) in [4.78, 5) is 22.8. The van der Waals surface area contributed by atoms with E-state index in [9.17, 15) is 9.59 Å². The van der Waals surface area contributed by atoms with E-state index in [1.807, 2.05) is 13.2 Å². The van der Waals surface area contributed by atoms with E-state index < -0.39 is 12.0 Å². The van der Waals surface area contributed by atoms with Gasteiger partial charge in [-0.2, -0.15) is 11.8 Å². The molecular weight excluding hydrogens is 250 g/mol. The molecule has 0 aliphatic heterocycles. The van der Waals surface area contributed by atoms with E-state index in [-0.39, 0.29) is 17.2 Å². The fraction of sp³-hybridized carbons (Fsp3) is 0.846. The van der Waals surface area contributed by atoms with Gasteiger partial charge in [0.05, 0.1) is 0 Å². The minimum atomic E-state index is -0.958. The third-order valence-corrected chi connectivity index (χ3v) is 3.86. The van der Waals surface area contributed by atoms with Gasteiger partial charge < -0.3 is 10.4 Å². The molecule has 18 heavy (non-hydrogen) atoms. The first kappa shape index (κ1) is 17.3. The quantitative estimate of drug-likeness (QED) is 0.748. The van der Waals surface area contributed by atoms with Gasteiger partial charge in [-0.3, -0.25) is 4.79 Å². The molecule has 0 rings (SSSR count). The van der Waals surface area contributed by atoms with Crippen LogP contribution in [-0.2, 0) is 9.59 Å². The summed E-state index contributed by atoms with van der Waals surface area (Å²) in [6.07, 6.45) is 2.75. The van der Waals surface area contributed by atoms with Crippen molar-refractivity contribution < 1.29 is 14.7 Å². The monoisotopic (exact) mass is 275 g/mol. The molecule has 5 heteroatoms. The van der Waals surface area contributed by atoms with Gasteiger partial charge in [0, 0.05) is 6.42 Å². The van der Waals surface area contributed by atoms with Crippen molar-refractivity contribution in [1.82, 2.24) is 5.32 Å². The minimum absolute atomic E-state index is 0.0509. The third kappa shape index (κ3) is 6.89. The van der Waals surface area contributed by atoms with Crippen LogP contribution >= 0.6 is 11.8 Å². The SMILES string of the molecule is CSCC[C@H](NC(=O)CC(C)C(C)(C)C)C(=O)O. The second-order valence-electron chi connectivity index (χ2n) is 5.71. The van der Waals surface area contributed by atoms with Crippen molar-refractivity contribution in [1.29, 1.82) is 0 Å². The fourth-order valence-corrected chi connectivity index (χ4v) is 1.80. The molecule has 0 aromatic rings. The van der Waals surface area contributed by atoms with Crippen LogP contribution in [-0.4, -0.2) is 35.0 Å². The molecule has 0 saturated heterocycles. The molecule has 0 spiro atoms. The molecule has 0 aromatic heterocycles. The smallest absolute Gasteiger partial charge is 0.326 e. The van der Waals surface area contributed by atoms with Crippen molar-refractivity contribution in [3.63, 3.8) is 0 Å². The topological polar surface area (TPSA) is 66.4 Å². The van der Waals surface area contributed by atoms with Crippen LogP contribution in [0.5, 0.6) is 0 Å². The highest BCUT2D eigenvalue weighted by atomic mass is 32.2. The van der Waals surface area contributed by atoms with Gasteiger partial charge in [0.2, 0.25) is 5.91 Å². The average Bonchev–Trinajstić information content (AvgIpc) is 2.22. The molecule has 0 bridgehead atoms. The number of aliphatic carboxylic acids is 1. The van der Waals surface area contributed by atoms with Crippen LogP contribution < -0.4 is 5.32 Å². The zero-order valence-corrected chi connectivity index (χ0v) is 12.8. The Labute approximate surface area is 114 Å². The van der Waals surface area contributed by atoms with E-state index in [0.29, 0.717) is 12.8 Å². The summed E-state index contributed by atoms with van der Waals surface area (Å²) in [6.45, 7) is 8.24. The number of carbonyl (C=O) groups excluding carboxylic acids is 1. The lowest BCUT2D eigenvalue weighted by molar-refractivity contribution is -0.142. The molecule has 0 radical (unpaired) electrons. The average molecular weight is 275 g/mol. The Hall–Kier alpha value is -0.710. The highest BCUT2D eigenvalue weighted by Gasteiger charge is 2.25. The molecule has 0 heterocycles. The van der Waals surface area contributed by atoms with Crippen LogP contribution in [0.4, 0.5) is 0 Å². The maximum atomic E-state index is 11.8. The van der Waals surface area contributed by atoms with Gasteiger partial charge in [-0.1, -0.05) is 27.7 Å². The number of carbonyl (C=O) groups is 2. The number of carboxylic acid groups (broad SMARTS) is 1. The number of hydrogen-bond donors (Lipinski definition) is 2. The summed E-state index contributed by atoms with van der Waals surface area (Å²) in [5, 5.41) is 11.6. The Kier molecular flexibility index (Phi) is 7.36. The van der Waals surface area contributed by atoms with Gasteiger partial charge in [-0.05, 0) is 29.8 Å². The van der Waals surface area contributed by atoms with Crippen molar-refractivity contribution in [2.45, 2.75) is 46.6 Å². The summed E-state index contributed by atoms with van der Waals surface area (Å²) >= 11 is 1.58. The van der Waals surface area contributed by atoms with Crippen molar-refractivity contribution in [3.8, 4) is 0 Å². The third-order valence-electron chi connectivity index (χ3n) is 3.21. The van der Waals surface area contributed by atoms with Crippen molar-refractivity contribution in [3.05, 3.63) is 0 Å². The summed E-state index contributed by atoms with van der Waals surface area (Å²) in [5.41, 5.74) is 0.0509. The van der Waals surface area contributed by atoms with Crippen LogP contribution in [0.15, 0.2) is 0 Å². The summed E-state index contributed by atoms with van der Waals surface area (Å²) in [7, 11) is 0. The molecule has 2 atom stereocenters. The van der Waals surface area contributed by atoms with Gasteiger partial charge in [0.1, 0.15) is 6.04 Å². The lowest BCUT2D eigenvalue weighted by atomic mass is 9.80. The van der Waals surface area contributed by atoms with Crippen LogP contribution in [0, 0.1) is 11.3 Å². The van der Waals surface area contributed by atoms with Crippen LogP contribution in [0.3, 0.4) is 0 Å². The van der Waals surface area contributed by atoms with E-state index in [1.54, 1.807) is 11.8 Å². The van der Waals surface area contributed by atoms with Crippen molar-refractivity contribution in [2.75, 3.05) is 12.0 Å². The van der Waals surface area contributed by atoms with E-state index in [2.05, 4.69) is 26.1 Å². The molecule has 0 aliphatic carbocycles. The number of carboxylic acids is 1. The van der Waals surface area contributed by atoms with Gasteiger partial charge in [-0.25, -0.2) is 4.79 Å². The maximum Gasteiger partial charge on any atom is 0.326 e. The zero-order chi connectivity index (χ0) is 14.3. The first-order chi connectivity index (χ1) is 8.18. The summed E-state index contributed by atoms with van der Waals surface area (Å²) in [6, 6.07) is -0.767. The number of nitrogens with one attached hydrogen (secondary N) is 1. The standard InChI is InChI=1S/C13H25NO3S/c1-9(13(2,3)4)8-11(15)14-10(12(16)17)6-7-18-5/h9-10H,6-8H2,1-5H3,(H,14,15)(H,16,17)/t9?,10-/m0/s1. The predicted molar refractivity (Wildman–Crippen MR) is 75.8 cm³/mol. The zero-order valence-electron chi connectivity index (χ0n) is 11.9. The minimum Gasteiger partial charge on any atom is -0.480 e. The molecule has 0 saturated carbocycles. The van der Waals surface area contributed by atoms with E-state index in [0.717, 1.165) is 5.75 Å². The highest BCUT2D eigenvalue weighted by Crippen LogP contribution is 2.27. The lowest BCUT2D eigenvalue weighted by Crippen LogP contribution is -2.42. The molecular formula is C13H25NO3S. The van der Waals surface area contributed by atoms with Crippen molar-refractivity contribution >= 4 is 23.6 Å². The van der Waals surface area contributed by atoms with Gasteiger partial charge in [-0.15, -0.1) is 0 Å². The summed E-state index contributed by atoms with van der Waals surface area (Å²) < 4.78 is 0. The second-order valence-corrected chi connectivity index (χ2v) is 6.70. The molecule has 4 nitrogen and oxygen atoms in total. The molecule has 0 aliphatic rings. The maximum absolute atomic E-state index is 11.8. The normalized spacial score (nSPS) is 14.9. The Bertz CT molecular complexity index is 286. The van der Waals surface area contributed by atoms with Crippen molar-refractivity contribution in [2.24, 2.45) is 11.3 Å². The Morgan fingerprint density at radius 3 is 2.28 bits per heavy atom. The fourth-order valence-electron chi connectivity index (χ4n) is 1.33. The van der Waals surface area contributed by atoms with Gasteiger partial charge in [0.25, 0.3) is 0 Å². The van der Waals surface area contributed by atoms with Gasteiger partial charge >= 0.3 is 5.97 Å². The van der Waals surface area contributed by atoms with E-state index in [1.165, 1.54) is 0 Å². The molecule has 1 unspecified atom stereocenters. The van der Waals surface area contributed by atoms with E-state index >= 15 is 0 Å². The number of thioether (sulfide) groups is 1. The van der Waals surface area contributed by atoms with E-state index in [4.69, 9.17) is 5.11 Å². The predicted octanol–water partition coefficient (Wildman–Crippen LogP) is 2.38. The summed E-state index contributed by atoms with van der Waals surface area (Å²) in [5.74, 6) is -0.189. The van der Waals surface area contributed by atoms with Gasteiger partial charge in [0.15, 0.2) is 0 Å². The molecule has 0 aromatic carbocycles. The molecule has 1 amide bonds. The van der Waals surface area contributed by atoms with Crippen LogP contribution in [0.2, 0.25) is 0 Å². The molecule has 2 N–H and O–H groups in total. The number of amides is 1. The lowest BCUT2D eigenvalue weighted by Gasteiger charge is -2.27. The Morgan fingerprint density at radius 2 is 1.89 bits per heavy atom. The Balaban J connectivity index is 4.30. The van der Waals surface area contributed by atoms with Crippen LogP contribution in [0.1, 0.15) is 40.5 Å². The van der Waals surface area contributed by atoms with Crippen LogP contribution in [0.25, 0.3) is 0 Å². The molecule has 0 fully saturated rings. The number of rotatable bonds is 7. The molecule has 106 valence electrons. The number of hydrogen-bond acceptors (Lipinski definition) is 3. The largest absolute Gasteiger partial charge is 0.480 e. The second kappa shape index (κ2) is 7.67. The Morgan fingerprint density at radius 1 is 1.33 bits per heavy atom.